The van der Waals surface area contributed by atoms with Gasteiger partial charge in [0, 0.05) is 10.7 Å². The van der Waals surface area contributed by atoms with E-state index < -0.39 is 17.9 Å². The van der Waals surface area contributed by atoms with Gasteiger partial charge in [-0.3, -0.25) is 14.9 Å². The fourth-order valence-corrected chi connectivity index (χ4v) is 2.32. The van der Waals surface area contributed by atoms with Gasteiger partial charge in [0.25, 0.3) is 11.8 Å². The van der Waals surface area contributed by atoms with Gasteiger partial charge in [0.15, 0.2) is 0 Å². The van der Waals surface area contributed by atoms with Crippen molar-refractivity contribution in [3.05, 3.63) is 64.2 Å². The maximum absolute atomic E-state index is 12.1. The summed E-state index contributed by atoms with van der Waals surface area (Å²) in [6.07, 6.45) is -0.959. The molecule has 2 aromatic rings. The maximum atomic E-state index is 12.1. The monoisotopic (exact) mass is 330 g/mol. The average Bonchev–Trinajstić information content (AvgIpc) is 2.76. The van der Waals surface area contributed by atoms with Crippen molar-refractivity contribution in [1.29, 1.82) is 0 Å². The van der Waals surface area contributed by atoms with Crippen LogP contribution < -0.4 is 5.32 Å². The van der Waals surface area contributed by atoms with Crippen molar-refractivity contribution in [1.82, 2.24) is 5.06 Å². The zero-order valence-electron chi connectivity index (χ0n) is 12.0. The van der Waals surface area contributed by atoms with E-state index in [0.717, 1.165) is 5.56 Å². The number of carbonyl (C=O) groups is 3. The Morgan fingerprint density at radius 3 is 2.26 bits per heavy atom. The van der Waals surface area contributed by atoms with Gasteiger partial charge in [0.1, 0.15) is 0 Å². The quantitative estimate of drug-likeness (QED) is 0.856. The van der Waals surface area contributed by atoms with Crippen molar-refractivity contribution in [2.45, 2.75) is 6.92 Å². The molecule has 3 rings (SSSR count). The van der Waals surface area contributed by atoms with Gasteiger partial charge >= 0.3 is 6.09 Å². The first-order valence-corrected chi connectivity index (χ1v) is 7.08. The predicted molar refractivity (Wildman–Crippen MR) is 83.2 cm³/mol. The van der Waals surface area contributed by atoms with E-state index in [-0.39, 0.29) is 11.1 Å². The highest BCUT2D eigenvalue weighted by Gasteiger charge is 2.38. The number of rotatable bonds is 2. The number of imide groups is 1. The van der Waals surface area contributed by atoms with Crippen LogP contribution in [-0.2, 0) is 4.84 Å². The molecule has 1 aliphatic rings. The molecule has 0 saturated heterocycles. The first-order valence-electron chi connectivity index (χ1n) is 6.70. The molecule has 0 radical (unpaired) electrons. The Labute approximate surface area is 136 Å². The number of benzene rings is 2. The molecule has 0 saturated carbocycles. The van der Waals surface area contributed by atoms with Gasteiger partial charge in [0.2, 0.25) is 0 Å². The summed E-state index contributed by atoms with van der Waals surface area (Å²) in [5.41, 5.74) is 1.64. The number of aryl methyl sites for hydroxylation is 1. The molecule has 1 N–H and O–H groups in total. The van der Waals surface area contributed by atoms with E-state index in [2.05, 4.69) is 5.32 Å². The van der Waals surface area contributed by atoms with Crippen molar-refractivity contribution in [3.63, 3.8) is 0 Å². The highest BCUT2D eigenvalue weighted by atomic mass is 35.5. The second-order valence-electron chi connectivity index (χ2n) is 4.92. The number of nitrogens with one attached hydrogen (secondary N) is 1. The van der Waals surface area contributed by atoms with E-state index in [1.807, 2.05) is 6.92 Å². The van der Waals surface area contributed by atoms with E-state index >= 15 is 0 Å². The van der Waals surface area contributed by atoms with Crippen LogP contribution in [0.1, 0.15) is 26.3 Å². The third-order valence-electron chi connectivity index (χ3n) is 3.35. The number of fused-ring (bicyclic) bond motifs is 1. The lowest BCUT2D eigenvalue weighted by atomic mass is 10.1. The topological polar surface area (TPSA) is 75.7 Å². The molecule has 1 heterocycles. The number of hydrogen-bond acceptors (Lipinski definition) is 4. The van der Waals surface area contributed by atoms with Crippen LogP contribution in [0, 0.1) is 6.92 Å². The summed E-state index contributed by atoms with van der Waals surface area (Å²) in [5.74, 6) is -1.36. The SMILES string of the molecule is Cc1ccc(NC(=O)ON2C(=O)c3ccccc3C2=O)cc1Cl. The van der Waals surface area contributed by atoms with Crippen molar-refractivity contribution in [2.75, 3.05) is 5.32 Å². The third kappa shape index (κ3) is 2.76. The second kappa shape index (κ2) is 5.73. The third-order valence-corrected chi connectivity index (χ3v) is 3.76. The Morgan fingerprint density at radius 2 is 1.70 bits per heavy atom. The molecule has 0 spiro atoms. The van der Waals surface area contributed by atoms with Crippen LogP contribution >= 0.6 is 11.6 Å². The number of halogens is 1. The van der Waals surface area contributed by atoms with E-state index in [4.69, 9.17) is 16.4 Å². The zero-order chi connectivity index (χ0) is 16.6. The summed E-state index contributed by atoms with van der Waals surface area (Å²) in [5, 5.41) is 3.33. The standard InChI is InChI=1S/C16H11ClN2O4/c1-9-6-7-10(8-13(9)17)18-16(22)23-19-14(20)11-4-2-3-5-12(11)15(19)21/h2-8H,1H3,(H,18,22). The largest absolute Gasteiger partial charge is 0.436 e. The van der Waals surface area contributed by atoms with Crippen LogP contribution in [0.3, 0.4) is 0 Å². The fraction of sp³-hybridized carbons (Fsp3) is 0.0625. The van der Waals surface area contributed by atoms with Crippen molar-refractivity contribution in [3.8, 4) is 0 Å². The smallest absolute Gasteiger partial charge is 0.310 e. The number of hydroxylamine groups is 2. The number of anilines is 1. The Bertz CT molecular complexity index is 800. The molecule has 1 aliphatic heterocycles. The van der Waals surface area contributed by atoms with Crippen LogP contribution in [0.4, 0.5) is 10.5 Å². The summed E-state index contributed by atoms with van der Waals surface area (Å²) in [6.45, 7) is 1.82. The van der Waals surface area contributed by atoms with Crippen molar-refractivity contribution < 1.29 is 19.2 Å². The van der Waals surface area contributed by atoms with Crippen molar-refractivity contribution in [2.24, 2.45) is 0 Å². The molecular weight excluding hydrogens is 320 g/mol. The summed E-state index contributed by atoms with van der Waals surface area (Å²) >= 11 is 5.96. The molecular formula is C16H11ClN2O4. The van der Waals surface area contributed by atoms with E-state index in [1.165, 1.54) is 12.1 Å². The van der Waals surface area contributed by atoms with Gasteiger partial charge in [-0.2, -0.15) is 0 Å². The van der Waals surface area contributed by atoms with Gasteiger partial charge in [-0.15, -0.1) is 0 Å². The Morgan fingerprint density at radius 1 is 1.09 bits per heavy atom. The zero-order valence-corrected chi connectivity index (χ0v) is 12.8. The molecule has 0 unspecified atom stereocenters. The summed E-state index contributed by atoms with van der Waals surface area (Å²) in [6, 6.07) is 11.1. The molecule has 116 valence electrons. The van der Waals surface area contributed by atoms with Gasteiger partial charge in [0.05, 0.1) is 11.1 Å². The van der Waals surface area contributed by atoms with Gasteiger partial charge in [-0.05, 0) is 36.8 Å². The highest BCUT2D eigenvalue weighted by Crippen LogP contribution is 2.24. The minimum atomic E-state index is -0.959. The van der Waals surface area contributed by atoms with E-state index in [9.17, 15) is 14.4 Å². The lowest BCUT2D eigenvalue weighted by molar-refractivity contribution is -0.0398. The van der Waals surface area contributed by atoms with Crippen LogP contribution in [0.15, 0.2) is 42.5 Å². The molecule has 0 fully saturated rings. The van der Waals surface area contributed by atoms with E-state index in [1.54, 1.807) is 30.3 Å². The molecule has 2 aromatic carbocycles. The van der Waals surface area contributed by atoms with E-state index in [0.29, 0.717) is 15.8 Å². The lowest BCUT2D eigenvalue weighted by Crippen LogP contribution is -2.34. The number of carbonyl (C=O) groups excluding carboxylic acids is 3. The molecule has 0 bridgehead atoms. The summed E-state index contributed by atoms with van der Waals surface area (Å²) in [4.78, 5) is 40.9. The van der Waals surface area contributed by atoms with Crippen LogP contribution in [0.5, 0.6) is 0 Å². The number of amides is 3. The molecule has 0 atom stereocenters. The van der Waals surface area contributed by atoms with Crippen LogP contribution in [-0.4, -0.2) is 23.0 Å². The second-order valence-corrected chi connectivity index (χ2v) is 5.33. The highest BCUT2D eigenvalue weighted by molar-refractivity contribution is 6.31. The van der Waals surface area contributed by atoms with Crippen molar-refractivity contribution >= 4 is 35.2 Å². The Kier molecular flexibility index (Phi) is 3.75. The maximum Gasteiger partial charge on any atom is 0.436 e. The molecule has 0 aromatic heterocycles. The van der Waals surface area contributed by atoms with Gasteiger partial charge < -0.3 is 4.84 Å². The van der Waals surface area contributed by atoms with Gasteiger partial charge in [-0.25, -0.2) is 4.79 Å². The Balaban J connectivity index is 1.73. The minimum Gasteiger partial charge on any atom is -0.310 e. The molecule has 0 aliphatic carbocycles. The lowest BCUT2D eigenvalue weighted by Gasteiger charge is -2.13. The first kappa shape index (κ1) is 15.1. The summed E-state index contributed by atoms with van der Waals surface area (Å²) < 4.78 is 0. The van der Waals surface area contributed by atoms with Crippen LogP contribution in [0.2, 0.25) is 5.02 Å². The number of nitrogens with zero attached hydrogens (tertiary/aromatic N) is 1. The predicted octanol–water partition coefficient (Wildman–Crippen LogP) is 3.41. The number of hydrogen-bond donors (Lipinski definition) is 1. The normalized spacial score (nSPS) is 13.0. The molecule has 6 nitrogen and oxygen atoms in total. The van der Waals surface area contributed by atoms with Gasteiger partial charge in [-0.1, -0.05) is 34.9 Å². The average molecular weight is 331 g/mol. The molecule has 7 heteroatoms. The minimum absolute atomic E-state index is 0.198. The van der Waals surface area contributed by atoms with Crippen LogP contribution in [0.25, 0.3) is 0 Å². The first-order chi connectivity index (χ1) is 11.0. The molecule has 3 amide bonds. The summed E-state index contributed by atoms with van der Waals surface area (Å²) in [7, 11) is 0. The fourth-order valence-electron chi connectivity index (χ4n) is 2.14. The molecule has 23 heavy (non-hydrogen) atoms. The Hall–Kier alpha value is -2.86.